The van der Waals surface area contributed by atoms with E-state index in [1.165, 1.54) is 7.11 Å². The summed E-state index contributed by atoms with van der Waals surface area (Å²) in [6.45, 7) is 0. The van der Waals surface area contributed by atoms with Gasteiger partial charge in [-0.1, -0.05) is 84.9 Å². The molecule has 0 fully saturated rings. The number of carbonyl (C=O) groups is 2. The lowest BCUT2D eigenvalue weighted by atomic mass is 9.88. The number of hydrogen-bond donors (Lipinski definition) is 1. The van der Waals surface area contributed by atoms with Gasteiger partial charge in [0.15, 0.2) is 0 Å². The lowest BCUT2D eigenvalue weighted by molar-refractivity contribution is -0.142. The number of benzene rings is 3. The highest BCUT2D eigenvalue weighted by atomic mass is 16.5. The number of amides is 1. The summed E-state index contributed by atoms with van der Waals surface area (Å²) in [5, 5.41) is 2.81. The first kappa shape index (κ1) is 22.0. The lowest BCUT2D eigenvalue weighted by Crippen LogP contribution is -2.43. The summed E-state index contributed by atoms with van der Waals surface area (Å²) in [5.74, 6) is -0.939. The number of carbonyl (C=O) groups excluding carboxylic acids is 2. The van der Waals surface area contributed by atoms with Gasteiger partial charge in [0, 0.05) is 12.6 Å². The zero-order valence-electron chi connectivity index (χ0n) is 18.3. The fourth-order valence-electron chi connectivity index (χ4n) is 3.85. The second kappa shape index (κ2) is 10.4. The van der Waals surface area contributed by atoms with Gasteiger partial charge in [-0.3, -0.25) is 9.78 Å². The van der Waals surface area contributed by atoms with Crippen molar-refractivity contribution in [3.8, 4) is 22.3 Å². The summed E-state index contributed by atoms with van der Waals surface area (Å²) < 4.78 is 5.04. The Morgan fingerprint density at radius 2 is 1.36 bits per heavy atom. The Morgan fingerprint density at radius 3 is 1.88 bits per heavy atom. The average molecular weight is 437 g/mol. The Morgan fingerprint density at radius 1 is 0.788 bits per heavy atom. The Hall–Kier alpha value is -4.25. The number of methoxy groups -OCH3 is 1. The third-order valence-corrected chi connectivity index (χ3v) is 5.44. The van der Waals surface area contributed by atoms with Crippen molar-refractivity contribution in [2.24, 2.45) is 0 Å². The van der Waals surface area contributed by atoms with Crippen molar-refractivity contribution in [3.63, 3.8) is 0 Å². The standard InChI is InChI=1S/C28H24N2O3/c1-33-28(32)26(30-27(31)25-17-8-9-18-29-25)19-24-22(20-11-4-2-5-12-20)15-10-16-23(24)21-13-6-3-7-14-21/h2-18,26H,19H2,1H3,(H,30,31). The molecule has 1 amide bonds. The van der Waals surface area contributed by atoms with E-state index in [-0.39, 0.29) is 12.1 Å². The molecule has 0 aliphatic heterocycles. The van der Waals surface area contributed by atoms with Crippen LogP contribution in [0.15, 0.2) is 103 Å². The highest BCUT2D eigenvalue weighted by Crippen LogP contribution is 2.33. The number of ether oxygens (including phenoxy) is 1. The van der Waals surface area contributed by atoms with Gasteiger partial charge in [0.2, 0.25) is 0 Å². The van der Waals surface area contributed by atoms with Crippen LogP contribution in [0.3, 0.4) is 0 Å². The predicted molar refractivity (Wildman–Crippen MR) is 129 cm³/mol. The molecule has 0 aliphatic rings. The number of nitrogens with zero attached hydrogens (tertiary/aromatic N) is 1. The Kier molecular flexibility index (Phi) is 6.90. The van der Waals surface area contributed by atoms with Gasteiger partial charge in [-0.2, -0.15) is 0 Å². The van der Waals surface area contributed by atoms with Crippen LogP contribution in [0, 0.1) is 0 Å². The van der Waals surface area contributed by atoms with Crippen molar-refractivity contribution in [2.45, 2.75) is 12.5 Å². The van der Waals surface area contributed by atoms with Gasteiger partial charge in [0.05, 0.1) is 7.11 Å². The van der Waals surface area contributed by atoms with Crippen LogP contribution in [0.5, 0.6) is 0 Å². The van der Waals surface area contributed by atoms with E-state index >= 15 is 0 Å². The van der Waals surface area contributed by atoms with Crippen molar-refractivity contribution < 1.29 is 14.3 Å². The summed E-state index contributed by atoms with van der Waals surface area (Å²) in [7, 11) is 1.32. The van der Waals surface area contributed by atoms with Crippen molar-refractivity contribution in [2.75, 3.05) is 7.11 Å². The van der Waals surface area contributed by atoms with Crippen LogP contribution in [0.25, 0.3) is 22.3 Å². The quantitative estimate of drug-likeness (QED) is 0.417. The summed E-state index contributed by atoms with van der Waals surface area (Å²) in [5.41, 5.74) is 5.25. The molecule has 4 rings (SSSR count). The number of esters is 1. The first-order valence-electron chi connectivity index (χ1n) is 10.7. The third kappa shape index (κ3) is 5.15. The molecule has 0 radical (unpaired) electrons. The van der Waals surface area contributed by atoms with E-state index < -0.39 is 17.9 Å². The fourth-order valence-corrected chi connectivity index (χ4v) is 3.85. The molecular formula is C28H24N2O3. The molecule has 5 heteroatoms. The summed E-state index contributed by atoms with van der Waals surface area (Å²) in [4.78, 5) is 29.6. The molecule has 1 unspecified atom stereocenters. The summed E-state index contributed by atoms with van der Waals surface area (Å²) in [6, 6.07) is 30.3. The van der Waals surface area contributed by atoms with Crippen LogP contribution in [0.4, 0.5) is 0 Å². The zero-order chi connectivity index (χ0) is 23.0. The van der Waals surface area contributed by atoms with E-state index in [1.807, 2.05) is 78.9 Å². The van der Waals surface area contributed by atoms with Crippen LogP contribution >= 0.6 is 0 Å². The van der Waals surface area contributed by atoms with E-state index in [4.69, 9.17) is 4.74 Å². The van der Waals surface area contributed by atoms with E-state index in [0.29, 0.717) is 0 Å². The number of rotatable bonds is 7. The lowest BCUT2D eigenvalue weighted by Gasteiger charge is -2.21. The van der Waals surface area contributed by atoms with Crippen LogP contribution in [0.2, 0.25) is 0 Å². The van der Waals surface area contributed by atoms with E-state index in [2.05, 4.69) is 10.3 Å². The summed E-state index contributed by atoms with van der Waals surface area (Å²) in [6.07, 6.45) is 1.81. The molecular weight excluding hydrogens is 412 g/mol. The highest BCUT2D eigenvalue weighted by molar-refractivity contribution is 5.95. The molecule has 33 heavy (non-hydrogen) atoms. The molecule has 1 heterocycles. The molecule has 0 spiro atoms. The minimum atomic E-state index is -0.878. The zero-order valence-corrected chi connectivity index (χ0v) is 18.3. The van der Waals surface area contributed by atoms with Crippen molar-refractivity contribution in [3.05, 3.63) is 115 Å². The minimum absolute atomic E-state index is 0.242. The maximum atomic E-state index is 12.8. The van der Waals surface area contributed by atoms with E-state index in [1.54, 1.807) is 24.4 Å². The minimum Gasteiger partial charge on any atom is -0.467 e. The molecule has 164 valence electrons. The van der Waals surface area contributed by atoms with E-state index in [0.717, 1.165) is 27.8 Å². The SMILES string of the molecule is COC(=O)C(Cc1c(-c2ccccc2)cccc1-c1ccccc1)NC(=O)c1ccccn1. The van der Waals surface area contributed by atoms with Gasteiger partial charge < -0.3 is 10.1 Å². The number of aromatic nitrogens is 1. The van der Waals surface area contributed by atoms with Gasteiger partial charge in [0.1, 0.15) is 11.7 Å². The number of hydrogen-bond acceptors (Lipinski definition) is 4. The largest absolute Gasteiger partial charge is 0.467 e. The molecule has 0 aliphatic carbocycles. The Balaban J connectivity index is 1.77. The molecule has 3 aromatic carbocycles. The second-order valence-electron chi connectivity index (χ2n) is 7.53. The highest BCUT2D eigenvalue weighted by Gasteiger charge is 2.26. The van der Waals surface area contributed by atoms with Gasteiger partial charge in [-0.05, 0) is 39.9 Å². The molecule has 4 aromatic rings. The molecule has 0 bridgehead atoms. The molecule has 0 saturated heterocycles. The van der Waals surface area contributed by atoms with Gasteiger partial charge in [-0.15, -0.1) is 0 Å². The van der Waals surface area contributed by atoms with Crippen LogP contribution < -0.4 is 5.32 Å². The Bertz CT molecular complexity index is 1170. The fraction of sp³-hybridized carbons (Fsp3) is 0.107. The average Bonchev–Trinajstić information content (AvgIpc) is 2.89. The first-order valence-corrected chi connectivity index (χ1v) is 10.7. The van der Waals surface area contributed by atoms with Gasteiger partial charge in [0.25, 0.3) is 5.91 Å². The van der Waals surface area contributed by atoms with Gasteiger partial charge in [-0.25, -0.2) is 4.79 Å². The Labute approximate surface area is 193 Å². The monoisotopic (exact) mass is 436 g/mol. The van der Waals surface area contributed by atoms with Crippen LogP contribution in [-0.2, 0) is 16.0 Å². The topological polar surface area (TPSA) is 68.3 Å². The molecule has 1 atom stereocenters. The van der Waals surface area contributed by atoms with Crippen LogP contribution in [-0.4, -0.2) is 30.0 Å². The van der Waals surface area contributed by atoms with Gasteiger partial charge >= 0.3 is 5.97 Å². The molecule has 0 saturated carbocycles. The van der Waals surface area contributed by atoms with E-state index in [9.17, 15) is 9.59 Å². The maximum absolute atomic E-state index is 12.8. The smallest absolute Gasteiger partial charge is 0.328 e. The van der Waals surface area contributed by atoms with Crippen LogP contribution in [0.1, 0.15) is 16.1 Å². The number of nitrogens with one attached hydrogen (secondary N) is 1. The molecule has 5 nitrogen and oxygen atoms in total. The molecule has 1 aromatic heterocycles. The van der Waals surface area contributed by atoms with Crippen molar-refractivity contribution in [1.82, 2.24) is 10.3 Å². The third-order valence-electron chi connectivity index (χ3n) is 5.44. The first-order chi connectivity index (χ1) is 16.2. The molecule has 1 N–H and O–H groups in total. The maximum Gasteiger partial charge on any atom is 0.328 e. The normalized spacial score (nSPS) is 11.4. The van der Waals surface area contributed by atoms with Crippen molar-refractivity contribution >= 4 is 11.9 Å². The van der Waals surface area contributed by atoms with Crippen molar-refractivity contribution in [1.29, 1.82) is 0 Å². The second-order valence-corrected chi connectivity index (χ2v) is 7.53. The predicted octanol–water partition coefficient (Wildman–Crippen LogP) is 4.93. The summed E-state index contributed by atoms with van der Waals surface area (Å²) >= 11 is 0. The number of pyridine rings is 1.